The Kier molecular flexibility index (Phi) is 5.15. The van der Waals surface area contributed by atoms with Crippen molar-refractivity contribution in [2.24, 2.45) is 0 Å². The van der Waals surface area contributed by atoms with E-state index < -0.39 is 11.9 Å². The molecule has 0 atom stereocenters. The quantitative estimate of drug-likeness (QED) is 0.590. The number of anilines is 1. The van der Waals surface area contributed by atoms with Gasteiger partial charge in [-0.1, -0.05) is 19.9 Å². The summed E-state index contributed by atoms with van der Waals surface area (Å²) in [4.78, 5) is 24.1. The van der Waals surface area contributed by atoms with E-state index in [2.05, 4.69) is 20.3 Å². The van der Waals surface area contributed by atoms with Crippen LogP contribution in [0.25, 0.3) is 21.8 Å². The van der Waals surface area contributed by atoms with E-state index in [0.717, 1.165) is 5.01 Å². The molecule has 0 radical (unpaired) electrons. The Balaban J connectivity index is 2.20. The molecule has 0 aliphatic carbocycles. The molecule has 0 spiro atoms. The number of halogens is 2. The Hall–Kier alpha value is -2.58. The number of hydrogen-bond acceptors (Lipinski definition) is 5. The third kappa shape index (κ3) is 3.66. The zero-order valence-electron chi connectivity index (χ0n) is 13.8. The SMILES string of the molecule is CC(C)c1nc(-c2cccc(NC(=O)O)c2F)c(-c2ccnc(Cl)n2)s1. The summed E-state index contributed by atoms with van der Waals surface area (Å²) in [6.07, 6.45) is 0.173. The number of benzene rings is 1. The first-order valence-corrected chi connectivity index (χ1v) is 8.84. The van der Waals surface area contributed by atoms with Gasteiger partial charge in [-0.15, -0.1) is 11.3 Å². The lowest BCUT2D eigenvalue weighted by atomic mass is 10.1. The summed E-state index contributed by atoms with van der Waals surface area (Å²) >= 11 is 7.28. The number of amides is 1. The van der Waals surface area contributed by atoms with E-state index in [1.165, 1.54) is 23.6 Å². The molecule has 0 aliphatic rings. The number of nitrogens with zero attached hydrogens (tertiary/aromatic N) is 3. The van der Waals surface area contributed by atoms with Crippen molar-refractivity contribution >= 4 is 34.7 Å². The molecule has 26 heavy (non-hydrogen) atoms. The van der Waals surface area contributed by atoms with Gasteiger partial charge in [-0.05, 0) is 29.8 Å². The molecular weight excluding hydrogens is 379 g/mol. The molecule has 0 saturated carbocycles. The third-order valence-corrected chi connectivity index (χ3v) is 5.05. The second-order valence-electron chi connectivity index (χ2n) is 5.69. The smallest absolute Gasteiger partial charge is 0.409 e. The zero-order valence-corrected chi connectivity index (χ0v) is 15.4. The topological polar surface area (TPSA) is 88.0 Å². The highest BCUT2D eigenvalue weighted by molar-refractivity contribution is 7.15. The molecule has 6 nitrogen and oxygen atoms in total. The Morgan fingerprint density at radius 2 is 2.08 bits per heavy atom. The van der Waals surface area contributed by atoms with Gasteiger partial charge in [0.25, 0.3) is 0 Å². The van der Waals surface area contributed by atoms with Gasteiger partial charge in [0.1, 0.15) is 0 Å². The van der Waals surface area contributed by atoms with Crippen molar-refractivity contribution in [3.8, 4) is 21.8 Å². The van der Waals surface area contributed by atoms with Gasteiger partial charge in [0.05, 0.1) is 27.0 Å². The van der Waals surface area contributed by atoms with E-state index in [4.69, 9.17) is 16.7 Å². The number of thiazole rings is 1. The molecule has 0 bridgehead atoms. The van der Waals surface area contributed by atoms with Crippen LogP contribution in [0.2, 0.25) is 5.28 Å². The van der Waals surface area contributed by atoms with Crippen molar-refractivity contribution in [1.29, 1.82) is 0 Å². The van der Waals surface area contributed by atoms with E-state index in [1.807, 2.05) is 13.8 Å². The minimum absolute atomic E-state index is 0.0784. The summed E-state index contributed by atoms with van der Waals surface area (Å²) in [5.41, 5.74) is 0.963. The number of carbonyl (C=O) groups is 1. The fourth-order valence-corrected chi connectivity index (χ4v) is 3.53. The predicted molar refractivity (Wildman–Crippen MR) is 99.3 cm³/mol. The van der Waals surface area contributed by atoms with Crippen LogP contribution in [0.3, 0.4) is 0 Å². The maximum atomic E-state index is 14.9. The van der Waals surface area contributed by atoms with Crippen molar-refractivity contribution in [2.75, 3.05) is 5.32 Å². The average molecular weight is 393 g/mol. The van der Waals surface area contributed by atoms with Crippen molar-refractivity contribution in [3.63, 3.8) is 0 Å². The number of aromatic nitrogens is 3. The Bertz CT molecular complexity index is 977. The summed E-state index contributed by atoms with van der Waals surface area (Å²) in [6, 6.07) is 6.14. The van der Waals surface area contributed by atoms with Crippen LogP contribution in [0, 0.1) is 5.82 Å². The standard InChI is InChI=1S/C17H14ClFN4O2S/c1-8(2)15-23-13(14(26-15)11-6-7-20-16(18)21-11)9-4-3-5-10(12(9)19)22-17(24)25/h3-8,22H,1-2H3,(H,24,25). The molecule has 134 valence electrons. The van der Waals surface area contributed by atoms with Gasteiger partial charge in [-0.3, -0.25) is 5.32 Å². The fraction of sp³-hybridized carbons (Fsp3) is 0.176. The van der Waals surface area contributed by atoms with Crippen LogP contribution < -0.4 is 5.32 Å². The summed E-state index contributed by atoms with van der Waals surface area (Å²) in [7, 11) is 0. The van der Waals surface area contributed by atoms with Crippen molar-refractivity contribution in [2.45, 2.75) is 19.8 Å². The fourth-order valence-electron chi connectivity index (χ4n) is 2.33. The average Bonchev–Trinajstić information content (AvgIpc) is 3.02. The van der Waals surface area contributed by atoms with Crippen LogP contribution >= 0.6 is 22.9 Å². The van der Waals surface area contributed by atoms with Gasteiger partial charge >= 0.3 is 6.09 Å². The monoisotopic (exact) mass is 392 g/mol. The molecule has 1 aromatic carbocycles. The molecular formula is C17H14ClFN4O2S. The van der Waals surface area contributed by atoms with E-state index >= 15 is 0 Å². The molecule has 0 saturated heterocycles. The summed E-state index contributed by atoms with van der Waals surface area (Å²) < 4.78 is 14.9. The highest BCUT2D eigenvalue weighted by Crippen LogP contribution is 2.40. The lowest BCUT2D eigenvalue weighted by Crippen LogP contribution is -2.09. The van der Waals surface area contributed by atoms with Gasteiger partial charge in [0, 0.05) is 17.7 Å². The molecule has 0 aliphatic heterocycles. The Morgan fingerprint density at radius 1 is 1.31 bits per heavy atom. The number of nitrogens with one attached hydrogen (secondary N) is 1. The minimum Gasteiger partial charge on any atom is -0.465 e. The van der Waals surface area contributed by atoms with Gasteiger partial charge in [0.15, 0.2) is 5.82 Å². The summed E-state index contributed by atoms with van der Waals surface area (Å²) in [5.74, 6) is -0.565. The molecule has 2 heterocycles. The predicted octanol–water partition coefficient (Wildman–Crippen LogP) is 5.27. The van der Waals surface area contributed by atoms with Crippen LogP contribution in [0.5, 0.6) is 0 Å². The number of hydrogen-bond donors (Lipinski definition) is 2. The van der Waals surface area contributed by atoms with Crippen LogP contribution in [-0.2, 0) is 0 Å². The Labute approximate surface area is 157 Å². The molecule has 0 fully saturated rings. The highest BCUT2D eigenvalue weighted by Gasteiger charge is 2.22. The first-order chi connectivity index (χ1) is 12.4. The first-order valence-electron chi connectivity index (χ1n) is 7.65. The summed E-state index contributed by atoms with van der Waals surface area (Å²) in [6.45, 7) is 3.97. The molecule has 2 aromatic heterocycles. The molecule has 2 N–H and O–H groups in total. The van der Waals surface area contributed by atoms with E-state index in [0.29, 0.717) is 16.3 Å². The second kappa shape index (κ2) is 7.35. The van der Waals surface area contributed by atoms with Gasteiger partial charge in [0.2, 0.25) is 5.28 Å². The normalized spacial score (nSPS) is 11.0. The summed E-state index contributed by atoms with van der Waals surface area (Å²) in [5, 5.41) is 11.8. The van der Waals surface area contributed by atoms with Crippen LogP contribution in [0.1, 0.15) is 24.8 Å². The third-order valence-electron chi connectivity index (χ3n) is 3.49. The number of rotatable bonds is 4. The zero-order chi connectivity index (χ0) is 18.8. The second-order valence-corrected chi connectivity index (χ2v) is 7.06. The van der Waals surface area contributed by atoms with E-state index in [9.17, 15) is 9.18 Å². The molecule has 3 aromatic rings. The number of carboxylic acid groups (broad SMARTS) is 1. The molecule has 9 heteroatoms. The van der Waals surface area contributed by atoms with Gasteiger partial charge in [-0.2, -0.15) is 0 Å². The van der Waals surface area contributed by atoms with Crippen molar-refractivity contribution < 1.29 is 14.3 Å². The molecule has 0 unspecified atom stereocenters. The van der Waals surface area contributed by atoms with Crippen molar-refractivity contribution in [3.05, 3.63) is 46.6 Å². The lowest BCUT2D eigenvalue weighted by Gasteiger charge is -2.08. The molecule has 3 rings (SSSR count). The minimum atomic E-state index is -1.34. The lowest BCUT2D eigenvalue weighted by molar-refractivity contribution is 0.209. The van der Waals surface area contributed by atoms with Crippen LogP contribution in [0.15, 0.2) is 30.5 Å². The van der Waals surface area contributed by atoms with Crippen LogP contribution in [0.4, 0.5) is 14.9 Å². The van der Waals surface area contributed by atoms with Gasteiger partial charge in [-0.25, -0.2) is 24.1 Å². The van der Waals surface area contributed by atoms with Gasteiger partial charge < -0.3 is 5.11 Å². The van der Waals surface area contributed by atoms with Crippen molar-refractivity contribution in [1.82, 2.24) is 15.0 Å². The van der Waals surface area contributed by atoms with Crippen LogP contribution in [-0.4, -0.2) is 26.2 Å². The highest BCUT2D eigenvalue weighted by atomic mass is 35.5. The maximum Gasteiger partial charge on any atom is 0.409 e. The van der Waals surface area contributed by atoms with E-state index in [1.54, 1.807) is 18.2 Å². The first kappa shape index (κ1) is 18.2. The maximum absolute atomic E-state index is 14.9. The largest absolute Gasteiger partial charge is 0.465 e. The molecule has 1 amide bonds. The Morgan fingerprint density at radius 3 is 2.73 bits per heavy atom. The van der Waals surface area contributed by atoms with E-state index in [-0.39, 0.29) is 22.5 Å².